The number of carboxylic acid groups (broad SMARTS) is 1. The fourth-order valence-electron chi connectivity index (χ4n) is 4.88. The third-order valence-electron chi connectivity index (χ3n) is 6.75. The fraction of sp³-hybridized carbons (Fsp3) is 0.464. The van der Waals surface area contributed by atoms with Gasteiger partial charge in [-0.2, -0.15) is 0 Å². The lowest BCUT2D eigenvalue weighted by Gasteiger charge is -2.34. The van der Waals surface area contributed by atoms with Crippen molar-refractivity contribution in [1.29, 1.82) is 0 Å². The highest BCUT2D eigenvalue weighted by Crippen LogP contribution is 2.42. The van der Waals surface area contributed by atoms with Crippen molar-refractivity contribution in [2.45, 2.75) is 46.5 Å². The van der Waals surface area contributed by atoms with Crippen LogP contribution in [0, 0.1) is 23.7 Å². The van der Waals surface area contributed by atoms with Crippen LogP contribution < -0.4 is 5.73 Å². The van der Waals surface area contributed by atoms with Gasteiger partial charge in [-0.25, -0.2) is 13.2 Å². The third kappa shape index (κ3) is 7.45. The summed E-state index contributed by atoms with van der Waals surface area (Å²) in [6.45, 7) is 10.4. The first-order valence-electron chi connectivity index (χ1n) is 12.6. The summed E-state index contributed by atoms with van der Waals surface area (Å²) >= 11 is 0.990. The summed E-state index contributed by atoms with van der Waals surface area (Å²) in [5, 5.41) is 10.4. The largest absolute Gasteiger partial charge is 0.487 e. The summed E-state index contributed by atoms with van der Waals surface area (Å²) in [4.78, 5) is 10.8. The maximum Gasteiger partial charge on any atom is 0.327 e. The van der Waals surface area contributed by atoms with Gasteiger partial charge in [-0.1, -0.05) is 62.9 Å². The molecule has 202 valence electrons. The number of carbonyl (C=O) groups is 1. The monoisotopic (exact) mass is 546 g/mol. The van der Waals surface area contributed by atoms with Crippen molar-refractivity contribution in [1.82, 2.24) is 4.31 Å². The Balaban J connectivity index is 1.86. The minimum atomic E-state index is -3.88. The molecule has 0 spiro atoms. The van der Waals surface area contributed by atoms with E-state index in [1.165, 1.54) is 22.0 Å². The van der Waals surface area contributed by atoms with E-state index in [-0.39, 0.29) is 22.0 Å². The topological polar surface area (TPSA) is 110 Å². The Kier molecular flexibility index (Phi) is 9.95. The van der Waals surface area contributed by atoms with Crippen LogP contribution in [0.2, 0.25) is 0 Å². The molecule has 0 radical (unpaired) electrons. The molecule has 0 saturated heterocycles. The summed E-state index contributed by atoms with van der Waals surface area (Å²) in [7, 11) is -3.88. The number of hydrogen-bond donors (Lipinski definition) is 2. The fourth-order valence-corrected chi connectivity index (χ4v) is 7.19. The van der Waals surface area contributed by atoms with E-state index in [4.69, 9.17) is 15.6 Å². The van der Waals surface area contributed by atoms with Crippen molar-refractivity contribution < 1.29 is 23.1 Å². The van der Waals surface area contributed by atoms with Crippen molar-refractivity contribution in [3.05, 3.63) is 81.5 Å². The highest BCUT2D eigenvalue weighted by molar-refractivity contribution is 8.19. The van der Waals surface area contributed by atoms with E-state index in [1.54, 1.807) is 6.08 Å². The van der Waals surface area contributed by atoms with Crippen molar-refractivity contribution in [3.63, 3.8) is 0 Å². The molecular weight excluding hydrogens is 508 g/mol. The first kappa shape index (κ1) is 28.9. The maximum absolute atomic E-state index is 13.7. The highest BCUT2D eigenvalue weighted by atomic mass is 32.3. The molecule has 9 heteroatoms. The van der Waals surface area contributed by atoms with Gasteiger partial charge < -0.3 is 15.6 Å². The molecule has 0 bridgehead atoms. The van der Waals surface area contributed by atoms with E-state index in [0.717, 1.165) is 42.2 Å². The SMILES string of the molecule is C=C(S/C=C\N)S(=O)(=O)N(CC(C)C)C1=CC2CCCC2C=C1OCC1=CCC(/C=C/C(=O)O)C=C1C. The van der Waals surface area contributed by atoms with E-state index in [1.807, 2.05) is 26.8 Å². The number of allylic oxidation sites excluding steroid dienone is 5. The smallest absolute Gasteiger partial charge is 0.327 e. The normalized spacial score (nSPS) is 23.9. The van der Waals surface area contributed by atoms with E-state index >= 15 is 0 Å². The molecule has 37 heavy (non-hydrogen) atoms. The molecule has 3 rings (SSSR count). The Hall–Kier alpha value is -2.65. The predicted octanol–water partition coefficient (Wildman–Crippen LogP) is 5.66. The minimum Gasteiger partial charge on any atom is -0.487 e. The number of nitrogens with zero attached hydrogens (tertiary/aromatic N) is 1. The Labute approximate surface area is 225 Å². The zero-order valence-corrected chi connectivity index (χ0v) is 23.4. The van der Waals surface area contributed by atoms with Crippen LogP contribution in [0.25, 0.3) is 0 Å². The Morgan fingerprint density at radius 2 is 2.00 bits per heavy atom. The first-order valence-corrected chi connectivity index (χ1v) is 15.0. The van der Waals surface area contributed by atoms with Crippen LogP contribution in [0.5, 0.6) is 0 Å². The average molecular weight is 547 g/mol. The molecule has 1 saturated carbocycles. The number of fused-ring (bicyclic) bond motifs is 1. The molecule has 3 N–H and O–H groups in total. The van der Waals surface area contributed by atoms with Crippen molar-refractivity contribution >= 4 is 27.8 Å². The number of nitrogens with two attached hydrogens (primary N) is 1. The Morgan fingerprint density at radius 3 is 2.62 bits per heavy atom. The van der Waals surface area contributed by atoms with Crippen LogP contribution in [-0.2, 0) is 19.6 Å². The van der Waals surface area contributed by atoms with Crippen molar-refractivity contribution in [3.8, 4) is 0 Å². The number of thioether (sulfide) groups is 1. The lowest BCUT2D eigenvalue weighted by Crippen LogP contribution is -2.36. The van der Waals surface area contributed by atoms with Crippen LogP contribution in [0.1, 0.15) is 46.5 Å². The molecular formula is C28H38N2O5S2. The summed E-state index contributed by atoms with van der Waals surface area (Å²) in [6, 6.07) is 0. The Bertz CT molecular complexity index is 1170. The second kappa shape index (κ2) is 12.7. The second-order valence-corrected chi connectivity index (χ2v) is 13.2. The number of aliphatic carboxylic acids is 1. The highest BCUT2D eigenvalue weighted by Gasteiger charge is 2.36. The quantitative estimate of drug-likeness (QED) is 0.304. The molecule has 3 aliphatic carbocycles. The van der Waals surface area contributed by atoms with Gasteiger partial charge in [0, 0.05) is 18.8 Å². The molecule has 3 unspecified atom stereocenters. The average Bonchev–Trinajstić information content (AvgIpc) is 3.30. The lowest BCUT2D eigenvalue weighted by atomic mass is 9.89. The zero-order valence-electron chi connectivity index (χ0n) is 21.8. The molecule has 0 heterocycles. The van der Waals surface area contributed by atoms with Gasteiger partial charge in [0.25, 0.3) is 10.0 Å². The number of hydrogen-bond acceptors (Lipinski definition) is 6. The third-order valence-corrected chi connectivity index (χ3v) is 9.72. The lowest BCUT2D eigenvalue weighted by molar-refractivity contribution is -0.131. The maximum atomic E-state index is 13.7. The first-order chi connectivity index (χ1) is 17.5. The van der Waals surface area contributed by atoms with Gasteiger partial charge in [-0.15, -0.1) is 0 Å². The predicted molar refractivity (Wildman–Crippen MR) is 150 cm³/mol. The van der Waals surface area contributed by atoms with Gasteiger partial charge in [0.15, 0.2) is 0 Å². The molecule has 0 aromatic heterocycles. The molecule has 0 aromatic rings. The molecule has 3 aliphatic rings. The number of sulfonamides is 1. The van der Waals surface area contributed by atoms with Crippen LogP contribution in [0.4, 0.5) is 0 Å². The van der Waals surface area contributed by atoms with Crippen LogP contribution in [0.15, 0.2) is 81.5 Å². The number of rotatable bonds is 12. The minimum absolute atomic E-state index is 0.0119. The van der Waals surface area contributed by atoms with Gasteiger partial charge in [-0.05, 0) is 72.5 Å². The van der Waals surface area contributed by atoms with Crippen LogP contribution >= 0.6 is 11.8 Å². The summed E-state index contributed by atoms with van der Waals surface area (Å²) in [5.41, 5.74) is 8.05. The van der Waals surface area contributed by atoms with E-state index in [2.05, 4.69) is 24.8 Å². The van der Waals surface area contributed by atoms with Crippen molar-refractivity contribution in [2.75, 3.05) is 13.2 Å². The van der Waals surface area contributed by atoms with Crippen LogP contribution in [-0.4, -0.2) is 37.0 Å². The summed E-state index contributed by atoms with van der Waals surface area (Å²) in [6.07, 6.45) is 16.3. The zero-order chi connectivity index (χ0) is 27.2. The van der Waals surface area contributed by atoms with E-state index < -0.39 is 16.0 Å². The molecule has 0 amide bonds. The van der Waals surface area contributed by atoms with E-state index in [0.29, 0.717) is 36.9 Å². The second-order valence-electron chi connectivity index (χ2n) is 10.1. The summed E-state index contributed by atoms with van der Waals surface area (Å²) < 4.78 is 35.1. The van der Waals surface area contributed by atoms with Gasteiger partial charge >= 0.3 is 5.97 Å². The van der Waals surface area contributed by atoms with Gasteiger partial charge in [-0.3, -0.25) is 4.31 Å². The number of ether oxygens (including phenoxy) is 1. The van der Waals surface area contributed by atoms with Crippen LogP contribution in [0.3, 0.4) is 0 Å². The van der Waals surface area contributed by atoms with Gasteiger partial charge in [0.05, 0.1) is 5.70 Å². The summed E-state index contributed by atoms with van der Waals surface area (Å²) in [5.74, 6) is 0.362. The van der Waals surface area contributed by atoms with Gasteiger partial charge in [0.1, 0.15) is 16.6 Å². The molecule has 1 fully saturated rings. The van der Waals surface area contributed by atoms with Gasteiger partial charge in [0.2, 0.25) is 0 Å². The molecule has 7 nitrogen and oxygen atoms in total. The molecule has 0 aromatic carbocycles. The number of carboxylic acids is 1. The molecule has 0 aliphatic heterocycles. The molecule has 3 atom stereocenters. The Morgan fingerprint density at radius 1 is 1.30 bits per heavy atom. The van der Waals surface area contributed by atoms with E-state index in [9.17, 15) is 13.2 Å². The van der Waals surface area contributed by atoms with Crippen molar-refractivity contribution in [2.24, 2.45) is 29.4 Å². The standard InChI is InChI=1S/C28H38N2O5S2/c1-19(2)17-30(37(33,34)21(4)36-13-12-29)26-15-23-6-5-7-24(23)16-27(26)35-18-25-10-8-22(14-20(25)3)9-11-28(31)32/h9-16,19,22-24H,4-8,17-18,29H2,1-3H3,(H,31,32)/b11-9+,13-12-.